The Bertz CT molecular complexity index is 512. The van der Waals surface area contributed by atoms with Crippen LogP contribution in [0.4, 0.5) is 0 Å². The van der Waals surface area contributed by atoms with E-state index in [1.54, 1.807) is 17.3 Å². The number of carbonyl (C=O) groups is 1. The van der Waals surface area contributed by atoms with Crippen LogP contribution in [0.25, 0.3) is 0 Å². The summed E-state index contributed by atoms with van der Waals surface area (Å²) in [5.41, 5.74) is -0.132. The standard InChI is InChI=1S/C14H20N4O/c1-11-16-6-8-17(11)10-13(19)18-7-4-5-14(2,3)12(18)9-15/h6,8,12H,4-5,7,10H2,1-3H3/t12-/m0/s1. The zero-order chi connectivity index (χ0) is 14.0. The second kappa shape index (κ2) is 5.04. The molecule has 5 nitrogen and oxygen atoms in total. The minimum absolute atomic E-state index is 0.000394. The van der Waals surface area contributed by atoms with Gasteiger partial charge in [-0.3, -0.25) is 4.79 Å². The summed E-state index contributed by atoms with van der Waals surface area (Å²) in [6.45, 7) is 6.93. The Morgan fingerprint density at radius 3 is 2.95 bits per heavy atom. The van der Waals surface area contributed by atoms with Crippen LogP contribution in [0.1, 0.15) is 32.5 Å². The summed E-state index contributed by atoms with van der Waals surface area (Å²) in [5, 5.41) is 9.36. The van der Waals surface area contributed by atoms with Gasteiger partial charge in [0.15, 0.2) is 0 Å². The molecule has 1 saturated heterocycles. The monoisotopic (exact) mass is 260 g/mol. The summed E-state index contributed by atoms with van der Waals surface area (Å²) in [6, 6.07) is 1.96. The number of carbonyl (C=O) groups excluding carboxylic acids is 1. The highest BCUT2D eigenvalue weighted by Gasteiger charge is 2.39. The molecule has 0 N–H and O–H groups in total. The van der Waals surface area contributed by atoms with E-state index in [4.69, 9.17) is 0 Å². The maximum Gasteiger partial charge on any atom is 0.243 e. The first-order chi connectivity index (χ1) is 8.95. The molecule has 1 aromatic rings. The molecule has 0 radical (unpaired) electrons. The van der Waals surface area contributed by atoms with Gasteiger partial charge in [-0.25, -0.2) is 4.98 Å². The highest BCUT2D eigenvalue weighted by molar-refractivity contribution is 5.77. The summed E-state index contributed by atoms with van der Waals surface area (Å²) in [4.78, 5) is 18.2. The molecule has 1 aromatic heterocycles. The Balaban J connectivity index is 2.14. The van der Waals surface area contributed by atoms with Crippen molar-refractivity contribution in [3.8, 4) is 6.07 Å². The van der Waals surface area contributed by atoms with Crippen molar-refractivity contribution in [3.05, 3.63) is 18.2 Å². The Morgan fingerprint density at radius 2 is 2.37 bits per heavy atom. The Labute approximate surface area is 113 Å². The van der Waals surface area contributed by atoms with Crippen LogP contribution < -0.4 is 0 Å². The molecule has 1 amide bonds. The Hall–Kier alpha value is -1.83. The topological polar surface area (TPSA) is 61.9 Å². The summed E-state index contributed by atoms with van der Waals surface area (Å²) in [5.74, 6) is 0.818. The van der Waals surface area contributed by atoms with Gasteiger partial charge >= 0.3 is 0 Å². The van der Waals surface area contributed by atoms with Crippen molar-refractivity contribution in [2.75, 3.05) is 6.54 Å². The average molecular weight is 260 g/mol. The van der Waals surface area contributed by atoms with E-state index >= 15 is 0 Å². The van der Waals surface area contributed by atoms with E-state index in [2.05, 4.69) is 24.9 Å². The van der Waals surface area contributed by atoms with Gasteiger partial charge in [0.2, 0.25) is 5.91 Å². The van der Waals surface area contributed by atoms with Crippen LogP contribution in [0.15, 0.2) is 12.4 Å². The SMILES string of the molecule is Cc1nccn1CC(=O)N1CCCC(C)(C)[C@@H]1C#N. The van der Waals surface area contributed by atoms with Crippen LogP contribution in [0.2, 0.25) is 0 Å². The third kappa shape index (κ3) is 2.62. The van der Waals surface area contributed by atoms with Gasteiger partial charge in [0.1, 0.15) is 18.4 Å². The molecule has 5 heteroatoms. The summed E-state index contributed by atoms with van der Waals surface area (Å²) in [6.07, 6.45) is 5.42. The number of likely N-dealkylation sites (tertiary alicyclic amines) is 1. The lowest BCUT2D eigenvalue weighted by molar-refractivity contribution is -0.137. The first-order valence-corrected chi connectivity index (χ1v) is 6.62. The average Bonchev–Trinajstić information content (AvgIpc) is 2.73. The van der Waals surface area contributed by atoms with E-state index in [0.29, 0.717) is 6.54 Å². The minimum Gasteiger partial charge on any atom is -0.326 e. The fourth-order valence-corrected chi connectivity index (χ4v) is 2.71. The lowest BCUT2D eigenvalue weighted by Gasteiger charge is -2.42. The van der Waals surface area contributed by atoms with Crippen LogP contribution >= 0.6 is 0 Å². The third-order valence-corrected chi connectivity index (χ3v) is 3.94. The number of aromatic nitrogens is 2. The molecular weight excluding hydrogens is 240 g/mol. The number of hydrogen-bond donors (Lipinski definition) is 0. The molecule has 0 saturated carbocycles. The largest absolute Gasteiger partial charge is 0.326 e. The molecule has 1 aliphatic heterocycles. The Kier molecular flexibility index (Phi) is 3.61. The van der Waals surface area contributed by atoms with Gasteiger partial charge in [-0.05, 0) is 25.2 Å². The zero-order valence-electron chi connectivity index (χ0n) is 11.8. The predicted molar refractivity (Wildman–Crippen MR) is 71.1 cm³/mol. The van der Waals surface area contributed by atoms with Crippen molar-refractivity contribution in [2.24, 2.45) is 5.41 Å². The molecule has 2 rings (SSSR count). The van der Waals surface area contributed by atoms with Gasteiger partial charge in [-0.15, -0.1) is 0 Å². The number of nitriles is 1. The molecule has 2 heterocycles. The molecular formula is C14H20N4O. The van der Waals surface area contributed by atoms with Gasteiger partial charge < -0.3 is 9.47 Å². The Morgan fingerprint density at radius 1 is 1.63 bits per heavy atom. The van der Waals surface area contributed by atoms with Crippen LogP contribution in [0.3, 0.4) is 0 Å². The van der Waals surface area contributed by atoms with E-state index in [1.807, 2.05) is 11.5 Å². The summed E-state index contributed by atoms with van der Waals surface area (Å²) < 4.78 is 1.82. The van der Waals surface area contributed by atoms with Crippen molar-refractivity contribution >= 4 is 5.91 Å². The normalized spacial score (nSPS) is 22.0. The van der Waals surface area contributed by atoms with Gasteiger partial charge in [0.25, 0.3) is 0 Å². The van der Waals surface area contributed by atoms with Crippen molar-refractivity contribution < 1.29 is 4.79 Å². The lowest BCUT2D eigenvalue weighted by Crippen LogP contribution is -2.52. The highest BCUT2D eigenvalue weighted by Crippen LogP contribution is 2.34. The quantitative estimate of drug-likeness (QED) is 0.813. The number of nitrogens with zero attached hydrogens (tertiary/aromatic N) is 4. The molecule has 1 fully saturated rings. The molecule has 0 unspecified atom stereocenters. The van der Waals surface area contributed by atoms with Crippen LogP contribution in [0.5, 0.6) is 0 Å². The van der Waals surface area contributed by atoms with Crippen molar-refractivity contribution in [1.29, 1.82) is 5.26 Å². The van der Waals surface area contributed by atoms with E-state index in [-0.39, 0.29) is 23.9 Å². The maximum absolute atomic E-state index is 12.4. The highest BCUT2D eigenvalue weighted by atomic mass is 16.2. The number of piperidine rings is 1. The molecule has 0 bridgehead atoms. The van der Waals surface area contributed by atoms with E-state index in [0.717, 1.165) is 18.7 Å². The van der Waals surface area contributed by atoms with Crippen molar-refractivity contribution in [1.82, 2.24) is 14.5 Å². The lowest BCUT2D eigenvalue weighted by atomic mass is 9.77. The summed E-state index contributed by atoms with van der Waals surface area (Å²) in [7, 11) is 0. The van der Waals surface area contributed by atoms with Crippen molar-refractivity contribution in [2.45, 2.75) is 46.2 Å². The van der Waals surface area contributed by atoms with Gasteiger partial charge in [0.05, 0.1) is 6.07 Å². The fraction of sp³-hybridized carbons (Fsp3) is 0.643. The molecule has 0 aromatic carbocycles. The van der Waals surface area contributed by atoms with Crippen LogP contribution in [-0.4, -0.2) is 32.9 Å². The second-order valence-corrected chi connectivity index (χ2v) is 5.81. The predicted octanol–water partition coefficient (Wildman–Crippen LogP) is 1.73. The van der Waals surface area contributed by atoms with E-state index in [9.17, 15) is 10.1 Å². The van der Waals surface area contributed by atoms with Gasteiger partial charge in [-0.1, -0.05) is 13.8 Å². The molecule has 0 aliphatic carbocycles. The van der Waals surface area contributed by atoms with E-state index < -0.39 is 0 Å². The van der Waals surface area contributed by atoms with Crippen LogP contribution in [-0.2, 0) is 11.3 Å². The molecule has 102 valence electrons. The molecule has 1 aliphatic rings. The van der Waals surface area contributed by atoms with Gasteiger partial charge in [0, 0.05) is 18.9 Å². The smallest absolute Gasteiger partial charge is 0.243 e. The zero-order valence-corrected chi connectivity index (χ0v) is 11.8. The number of amides is 1. The molecule has 0 spiro atoms. The number of hydrogen-bond acceptors (Lipinski definition) is 3. The van der Waals surface area contributed by atoms with Gasteiger partial charge in [-0.2, -0.15) is 5.26 Å². The number of aryl methyl sites for hydroxylation is 1. The molecule has 1 atom stereocenters. The third-order valence-electron chi connectivity index (χ3n) is 3.94. The fourth-order valence-electron chi connectivity index (χ4n) is 2.71. The van der Waals surface area contributed by atoms with E-state index in [1.165, 1.54) is 0 Å². The maximum atomic E-state index is 12.4. The minimum atomic E-state index is -0.336. The number of imidazole rings is 1. The first-order valence-electron chi connectivity index (χ1n) is 6.62. The second-order valence-electron chi connectivity index (χ2n) is 5.81. The first kappa shape index (κ1) is 13.6. The van der Waals surface area contributed by atoms with Crippen molar-refractivity contribution in [3.63, 3.8) is 0 Å². The molecule has 19 heavy (non-hydrogen) atoms. The number of rotatable bonds is 2. The van der Waals surface area contributed by atoms with Crippen LogP contribution in [0, 0.1) is 23.7 Å². The summed E-state index contributed by atoms with van der Waals surface area (Å²) >= 11 is 0.